The van der Waals surface area contributed by atoms with E-state index in [4.69, 9.17) is 0 Å². The Labute approximate surface area is 190 Å². The van der Waals surface area contributed by atoms with E-state index in [2.05, 4.69) is 58.7 Å². The van der Waals surface area contributed by atoms with Crippen molar-refractivity contribution in [3.8, 4) is 11.1 Å². The summed E-state index contributed by atoms with van der Waals surface area (Å²) in [6.45, 7) is 4.69. The summed E-state index contributed by atoms with van der Waals surface area (Å²) in [5, 5.41) is 7.33. The number of anilines is 2. The Bertz CT molecular complexity index is 1220. The van der Waals surface area contributed by atoms with Crippen LogP contribution in [0, 0.1) is 13.8 Å². The highest BCUT2D eigenvalue weighted by atomic mass is 32.2. The Morgan fingerprint density at radius 2 is 1.90 bits per heavy atom. The third kappa shape index (κ3) is 4.89. The molecule has 2 N–H and O–H groups in total. The molecule has 5 nitrogen and oxygen atoms in total. The zero-order valence-corrected chi connectivity index (χ0v) is 19.4. The van der Waals surface area contributed by atoms with E-state index in [1.54, 1.807) is 29.4 Å². The number of hydrogen-bond acceptors (Lipinski definition) is 6. The molecule has 0 atom stereocenters. The number of amides is 1. The Balaban J connectivity index is 1.50. The van der Waals surface area contributed by atoms with Crippen LogP contribution in [0.3, 0.4) is 0 Å². The number of thiophene rings is 1. The molecule has 2 aromatic carbocycles. The Morgan fingerprint density at radius 3 is 2.68 bits per heavy atom. The summed E-state index contributed by atoms with van der Waals surface area (Å²) in [5.74, 6) is 0.735. The molecule has 0 aliphatic rings. The number of carbonyl (C=O) groups excluding carboxylic acids is 1. The lowest BCUT2D eigenvalue weighted by Gasteiger charge is -2.10. The van der Waals surface area contributed by atoms with E-state index in [-0.39, 0.29) is 5.91 Å². The first-order chi connectivity index (χ1) is 15.0. The first kappa shape index (κ1) is 21.3. The van der Waals surface area contributed by atoms with E-state index in [1.165, 1.54) is 10.4 Å². The molecule has 4 aromatic rings. The van der Waals surface area contributed by atoms with Crippen LogP contribution in [0.2, 0.25) is 0 Å². The van der Waals surface area contributed by atoms with Gasteiger partial charge in [-0.15, -0.1) is 23.1 Å². The maximum absolute atomic E-state index is 12.4. The second kappa shape index (κ2) is 9.49. The van der Waals surface area contributed by atoms with E-state index in [0.29, 0.717) is 13.0 Å². The second-order valence-corrected chi connectivity index (χ2v) is 9.34. The number of fused-ring (bicyclic) bond motifs is 1. The van der Waals surface area contributed by atoms with Crippen LogP contribution < -0.4 is 10.6 Å². The van der Waals surface area contributed by atoms with Crippen LogP contribution >= 0.6 is 23.1 Å². The number of nitrogens with one attached hydrogen (secondary N) is 2. The first-order valence-corrected chi connectivity index (χ1v) is 12.1. The van der Waals surface area contributed by atoms with Crippen LogP contribution in [-0.2, 0) is 4.79 Å². The third-order valence-electron chi connectivity index (χ3n) is 5.00. The molecular formula is C24H24N4OS2. The van der Waals surface area contributed by atoms with Crippen LogP contribution in [0.5, 0.6) is 0 Å². The lowest BCUT2D eigenvalue weighted by atomic mass is 10.0. The molecule has 158 valence electrons. The van der Waals surface area contributed by atoms with Gasteiger partial charge in [-0.3, -0.25) is 4.79 Å². The quantitative estimate of drug-likeness (QED) is 0.333. The van der Waals surface area contributed by atoms with E-state index >= 15 is 0 Å². The molecule has 0 saturated heterocycles. The molecule has 7 heteroatoms. The van der Waals surface area contributed by atoms with Crippen molar-refractivity contribution in [1.82, 2.24) is 9.97 Å². The van der Waals surface area contributed by atoms with Gasteiger partial charge in [0, 0.05) is 34.0 Å². The van der Waals surface area contributed by atoms with E-state index in [0.717, 1.165) is 37.7 Å². The minimum Gasteiger partial charge on any atom is -0.369 e. The van der Waals surface area contributed by atoms with Gasteiger partial charge in [-0.25, -0.2) is 9.97 Å². The molecule has 1 amide bonds. The summed E-state index contributed by atoms with van der Waals surface area (Å²) in [5.41, 5.74) is 4.35. The van der Waals surface area contributed by atoms with Gasteiger partial charge < -0.3 is 10.6 Å². The Morgan fingerprint density at radius 1 is 1.10 bits per heavy atom. The number of benzene rings is 2. The third-order valence-corrected chi connectivity index (χ3v) is 6.74. The smallest absolute Gasteiger partial charge is 0.226 e. The van der Waals surface area contributed by atoms with Crippen molar-refractivity contribution >= 4 is 50.7 Å². The normalized spacial score (nSPS) is 10.9. The molecule has 31 heavy (non-hydrogen) atoms. The van der Waals surface area contributed by atoms with E-state index in [1.807, 2.05) is 30.5 Å². The van der Waals surface area contributed by atoms with Gasteiger partial charge in [0.2, 0.25) is 5.91 Å². The van der Waals surface area contributed by atoms with Gasteiger partial charge in [0.1, 0.15) is 17.0 Å². The number of rotatable bonds is 7. The highest BCUT2D eigenvalue weighted by Crippen LogP contribution is 2.40. The summed E-state index contributed by atoms with van der Waals surface area (Å²) in [4.78, 5) is 24.6. The fourth-order valence-corrected chi connectivity index (χ4v) is 4.94. The summed E-state index contributed by atoms with van der Waals surface area (Å²) in [6, 6.07) is 16.4. The molecule has 0 radical (unpaired) electrons. The molecule has 4 rings (SSSR count). The second-order valence-electron chi connectivity index (χ2n) is 7.26. The Hall–Kier alpha value is -2.90. The molecule has 0 aliphatic carbocycles. The number of carbonyl (C=O) groups is 1. The molecule has 2 heterocycles. The van der Waals surface area contributed by atoms with E-state index in [9.17, 15) is 4.79 Å². The average Bonchev–Trinajstić information content (AvgIpc) is 3.11. The van der Waals surface area contributed by atoms with Crippen molar-refractivity contribution in [2.45, 2.75) is 25.2 Å². The number of nitrogens with zero attached hydrogens (tertiary/aromatic N) is 2. The van der Waals surface area contributed by atoms with Crippen LogP contribution in [0.15, 0.2) is 59.8 Å². The van der Waals surface area contributed by atoms with Crippen molar-refractivity contribution in [3.63, 3.8) is 0 Å². The van der Waals surface area contributed by atoms with Gasteiger partial charge >= 0.3 is 0 Å². The fourth-order valence-electron chi connectivity index (χ4n) is 3.46. The van der Waals surface area contributed by atoms with Gasteiger partial charge in [0.25, 0.3) is 0 Å². The molecular weight excluding hydrogens is 424 g/mol. The van der Waals surface area contributed by atoms with Crippen molar-refractivity contribution in [3.05, 3.63) is 65.3 Å². The Kier molecular flexibility index (Phi) is 6.53. The van der Waals surface area contributed by atoms with Gasteiger partial charge in [-0.2, -0.15) is 0 Å². The molecule has 0 aliphatic heterocycles. The molecule has 0 bridgehead atoms. The van der Waals surface area contributed by atoms with Crippen LogP contribution in [0.4, 0.5) is 11.5 Å². The van der Waals surface area contributed by atoms with Crippen LogP contribution in [0.25, 0.3) is 21.3 Å². The lowest BCUT2D eigenvalue weighted by molar-refractivity contribution is -0.115. The van der Waals surface area contributed by atoms with Crippen molar-refractivity contribution in [1.29, 1.82) is 0 Å². The minimum atomic E-state index is -0.0312. The molecule has 0 fully saturated rings. The van der Waals surface area contributed by atoms with Crippen molar-refractivity contribution < 1.29 is 4.79 Å². The van der Waals surface area contributed by atoms with E-state index < -0.39 is 0 Å². The highest BCUT2D eigenvalue weighted by Gasteiger charge is 2.16. The summed E-state index contributed by atoms with van der Waals surface area (Å²) >= 11 is 3.32. The maximum atomic E-state index is 12.4. The van der Waals surface area contributed by atoms with Gasteiger partial charge in [-0.1, -0.05) is 35.9 Å². The number of aromatic nitrogens is 2. The predicted octanol–water partition coefficient (Wildman–Crippen LogP) is 6.14. The van der Waals surface area contributed by atoms with Gasteiger partial charge in [-0.05, 0) is 43.9 Å². The maximum Gasteiger partial charge on any atom is 0.226 e. The molecule has 2 aromatic heterocycles. The number of hydrogen-bond donors (Lipinski definition) is 2. The minimum absolute atomic E-state index is 0.0312. The predicted molar refractivity (Wildman–Crippen MR) is 132 cm³/mol. The SMILES string of the molecule is CSc1cccc(NC(=O)CCNc2ncnc3sc(C)c(-c4ccc(C)cc4)c23)c1. The summed E-state index contributed by atoms with van der Waals surface area (Å²) in [7, 11) is 0. The van der Waals surface area contributed by atoms with Crippen LogP contribution in [-0.4, -0.2) is 28.7 Å². The zero-order chi connectivity index (χ0) is 21.8. The molecule has 0 unspecified atom stereocenters. The monoisotopic (exact) mass is 448 g/mol. The topological polar surface area (TPSA) is 66.9 Å². The van der Waals surface area contributed by atoms with Crippen LogP contribution in [0.1, 0.15) is 16.9 Å². The average molecular weight is 449 g/mol. The first-order valence-electron chi connectivity index (χ1n) is 10.0. The summed E-state index contributed by atoms with van der Waals surface area (Å²) < 4.78 is 0. The van der Waals surface area contributed by atoms with Gasteiger partial charge in [0.15, 0.2) is 0 Å². The summed E-state index contributed by atoms with van der Waals surface area (Å²) in [6.07, 6.45) is 3.94. The molecule has 0 spiro atoms. The van der Waals surface area contributed by atoms with Gasteiger partial charge in [0.05, 0.1) is 5.39 Å². The largest absolute Gasteiger partial charge is 0.369 e. The van der Waals surface area contributed by atoms with Crippen molar-refractivity contribution in [2.75, 3.05) is 23.4 Å². The number of aryl methyl sites for hydroxylation is 2. The fraction of sp³-hybridized carbons (Fsp3) is 0.208. The standard InChI is InChI=1S/C24H24N4OS2/c1-15-7-9-17(10-8-15)21-16(2)31-24-22(21)23(26-14-27-24)25-12-11-20(29)28-18-5-4-6-19(13-18)30-3/h4-10,13-14H,11-12H2,1-3H3,(H,28,29)(H,25,26,27). The van der Waals surface area contributed by atoms with Crippen molar-refractivity contribution in [2.24, 2.45) is 0 Å². The lowest BCUT2D eigenvalue weighted by Crippen LogP contribution is -2.16. The molecule has 0 saturated carbocycles. The number of thioether (sulfide) groups is 1. The zero-order valence-electron chi connectivity index (χ0n) is 17.7. The highest BCUT2D eigenvalue weighted by molar-refractivity contribution is 7.98.